The zero-order chi connectivity index (χ0) is 79.6. The Kier molecular flexibility index (Phi) is 16.9. The predicted octanol–water partition coefficient (Wildman–Crippen LogP) is 33.5. The molecule has 26 aromatic rings. The zero-order valence-electron chi connectivity index (χ0n) is 65.4. The van der Waals surface area contributed by atoms with Gasteiger partial charge in [0.15, 0.2) is 0 Å². The lowest BCUT2D eigenvalue weighted by Gasteiger charge is -2.18. The highest BCUT2D eigenvalue weighted by Crippen LogP contribution is 2.48. The first-order chi connectivity index (χ1) is 60.0. The summed E-state index contributed by atoms with van der Waals surface area (Å²) in [5.41, 5.74) is 17.2. The molecule has 20 aromatic carbocycles. The molecule has 0 atom stereocenters. The number of aromatic nitrogens is 3. The van der Waals surface area contributed by atoms with Gasteiger partial charge in [0.25, 0.3) is 0 Å². The van der Waals surface area contributed by atoms with E-state index in [0.717, 1.165) is 14.5 Å². The van der Waals surface area contributed by atoms with Crippen molar-refractivity contribution in [3.05, 3.63) is 419 Å². The molecule has 121 heavy (non-hydrogen) atoms. The third kappa shape index (κ3) is 12.1. The van der Waals surface area contributed by atoms with Crippen molar-refractivity contribution < 1.29 is 0 Å². The molecule has 562 valence electrons. The van der Waals surface area contributed by atoms with E-state index in [2.05, 4.69) is 400 Å². The van der Waals surface area contributed by atoms with Crippen molar-refractivity contribution in [2.45, 2.75) is 0 Å². The minimum atomic E-state index is 1.10. The molecule has 0 saturated carbocycles. The van der Waals surface area contributed by atoms with E-state index in [0.29, 0.717) is 0 Å². The van der Waals surface area contributed by atoms with Gasteiger partial charge >= 0.3 is 0 Å². The molecule has 6 aromatic heterocycles. The number of thiophene rings is 3. The van der Waals surface area contributed by atoms with Gasteiger partial charge in [0.2, 0.25) is 0 Å². The van der Waals surface area contributed by atoms with Crippen LogP contribution in [-0.4, -0.2) is 15.0 Å². The number of fused-ring (bicyclic) bond motifs is 26. The summed E-state index contributed by atoms with van der Waals surface area (Å²) in [6.45, 7) is 0. The standard InChI is InChI=1S/C41H25NS.C39H23NS.C35H21NS/c1-2-11-26(12-3-1)38-32-15-4-6-17-34(32)39(35-18-7-5-16-33(35)38)29-14-10-13-27(23-29)28-21-22-31-30(24-28)25-42-41-40(31)36-19-8-9-20-37(36)43-41;1-2-12-32-30(10-1)31-11-3-4-13-33(31)36-22-27(17-19-34(32)36)25-9-7-8-24(20-25)26-16-18-29-28(21-26)23-40-39-38(29)35-14-5-6-15-37(35)41-39;1-2-9-29-22(6-1)12-13-23-14-15-27(20-32(23)29)25-8-5-7-24(18-25)26-16-17-30-28(19-26)21-36-35-34(30)31-10-3-4-11-33(31)37-35/h1-25H;1-23H;1-21H. The van der Waals surface area contributed by atoms with Crippen LogP contribution in [0.3, 0.4) is 0 Å². The molecule has 0 saturated heterocycles. The molecule has 0 spiro atoms. The second kappa shape index (κ2) is 29.0. The van der Waals surface area contributed by atoms with Gasteiger partial charge in [-0.05, 0) is 236 Å². The number of hydrogen-bond acceptors (Lipinski definition) is 6. The lowest BCUT2D eigenvalue weighted by Crippen LogP contribution is -1.91. The van der Waals surface area contributed by atoms with Gasteiger partial charge < -0.3 is 0 Å². The number of benzene rings is 20. The number of nitrogens with zero attached hydrogens (tertiary/aromatic N) is 3. The van der Waals surface area contributed by atoms with Crippen LogP contribution in [0.1, 0.15) is 0 Å². The van der Waals surface area contributed by atoms with Crippen molar-refractivity contribution in [2.24, 2.45) is 0 Å². The highest BCUT2D eigenvalue weighted by molar-refractivity contribution is 7.26. The van der Waals surface area contributed by atoms with Crippen LogP contribution in [0.25, 0.3) is 247 Å². The van der Waals surface area contributed by atoms with Crippen molar-refractivity contribution >= 4 is 203 Å². The van der Waals surface area contributed by atoms with Crippen molar-refractivity contribution in [1.29, 1.82) is 0 Å². The fourth-order valence-electron chi connectivity index (χ4n) is 19.0. The van der Waals surface area contributed by atoms with Gasteiger partial charge in [-0.3, -0.25) is 0 Å². The SMILES string of the molecule is c1cc(-c2ccc3c(cnc4sc5ccccc5c43)c2)cc(-c2ccc3c4ccccc4c4ccccc4c3c2)c1.c1cc(-c2ccc3c(cnc4sc5ccccc5c43)c2)cc(-c2ccc3ccc4ccccc4c3c2)c1.c1ccc(-c2c3ccccc3c(-c3cccc(-c4ccc5c(cnc6sc7ccccc7c65)c4)c3)c3ccccc23)cc1. The van der Waals surface area contributed by atoms with Crippen molar-refractivity contribution in [3.8, 4) is 77.9 Å². The average molecular weight is 1590 g/mol. The maximum absolute atomic E-state index is 4.87. The molecule has 6 heterocycles. The molecule has 3 nitrogen and oxygen atoms in total. The van der Waals surface area contributed by atoms with Crippen molar-refractivity contribution in [3.63, 3.8) is 0 Å². The Morgan fingerprint density at radius 2 is 0.405 bits per heavy atom. The lowest BCUT2D eigenvalue weighted by molar-refractivity contribution is 1.48. The van der Waals surface area contributed by atoms with Gasteiger partial charge in [0.1, 0.15) is 14.5 Å². The zero-order valence-corrected chi connectivity index (χ0v) is 67.9. The molecule has 0 amide bonds. The van der Waals surface area contributed by atoms with Gasteiger partial charge in [0.05, 0.1) is 0 Å². The van der Waals surface area contributed by atoms with E-state index < -0.39 is 0 Å². The minimum absolute atomic E-state index is 1.10. The number of hydrogen-bond donors (Lipinski definition) is 0. The Bertz CT molecular complexity index is 8660. The Morgan fingerprint density at radius 3 is 0.826 bits per heavy atom. The maximum atomic E-state index is 4.87. The largest absolute Gasteiger partial charge is 0.245 e. The Balaban J connectivity index is 0.000000103. The van der Waals surface area contributed by atoms with Crippen LogP contribution in [0.2, 0.25) is 0 Å². The first-order valence-electron chi connectivity index (χ1n) is 41.1. The van der Waals surface area contributed by atoms with Crippen LogP contribution < -0.4 is 0 Å². The number of rotatable bonds is 7. The Hall–Kier alpha value is -14.9. The molecule has 0 aliphatic heterocycles. The van der Waals surface area contributed by atoms with Crippen molar-refractivity contribution in [1.82, 2.24) is 15.0 Å². The third-order valence-corrected chi connectivity index (χ3v) is 27.9. The molecular formula is C115H69N3S3. The monoisotopic (exact) mass is 1590 g/mol. The summed E-state index contributed by atoms with van der Waals surface area (Å²) in [6, 6.07) is 146. The van der Waals surface area contributed by atoms with E-state index in [4.69, 9.17) is 15.0 Å². The molecule has 0 fully saturated rings. The van der Waals surface area contributed by atoms with Crippen LogP contribution in [0.15, 0.2) is 419 Å². The average Bonchev–Trinajstić information content (AvgIpc) is 1.64. The van der Waals surface area contributed by atoms with E-state index in [1.807, 2.05) is 18.6 Å². The van der Waals surface area contributed by atoms with E-state index in [1.165, 1.54) is 232 Å². The Morgan fingerprint density at radius 1 is 0.140 bits per heavy atom. The smallest absolute Gasteiger partial charge is 0.125 e. The first kappa shape index (κ1) is 70.3. The molecule has 0 aliphatic carbocycles. The molecular weight excluding hydrogens is 1520 g/mol. The topological polar surface area (TPSA) is 38.7 Å². The lowest BCUT2D eigenvalue weighted by atomic mass is 9.85. The molecule has 0 radical (unpaired) electrons. The van der Waals surface area contributed by atoms with Gasteiger partial charge in [-0.25, -0.2) is 15.0 Å². The summed E-state index contributed by atoms with van der Waals surface area (Å²) in [7, 11) is 0. The van der Waals surface area contributed by atoms with E-state index in [1.54, 1.807) is 34.0 Å². The van der Waals surface area contributed by atoms with Gasteiger partial charge in [0, 0.05) is 81.2 Å². The summed E-state index contributed by atoms with van der Waals surface area (Å²) in [5, 5.41) is 33.0. The van der Waals surface area contributed by atoms with E-state index in [-0.39, 0.29) is 0 Å². The van der Waals surface area contributed by atoms with Crippen LogP contribution in [0.5, 0.6) is 0 Å². The molecule has 0 aliphatic rings. The highest BCUT2D eigenvalue weighted by Gasteiger charge is 2.21. The summed E-state index contributed by atoms with van der Waals surface area (Å²) >= 11 is 5.30. The normalized spacial score (nSPS) is 11.8. The van der Waals surface area contributed by atoms with E-state index in [9.17, 15) is 0 Å². The fourth-order valence-corrected chi connectivity index (χ4v) is 22.2. The quantitative estimate of drug-likeness (QED) is 0.118. The fraction of sp³-hybridized carbons (Fsp3) is 0. The van der Waals surface area contributed by atoms with Crippen LogP contribution in [-0.2, 0) is 0 Å². The predicted molar refractivity (Wildman–Crippen MR) is 524 cm³/mol. The molecule has 0 N–H and O–H groups in total. The summed E-state index contributed by atoms with van der Waals surface area (Å²) in [5.74, 6) is 0. The summed E-state index contributed by atoms with van der Waals surface area (Å²) < 4.78 is 3.86. The molecule has 0 unspecified atom stereocenters. The van der Waals surface area contributed by atoms with Gasteiger partial charge in [-0.1, -0.05) is 334 Å². The highest BCUT2D eigenvalue weighted by atomic mass is 32.1. The number of pyridine rings is 3. The van der Waals surface area contributed by atoms with Gasteiger partial charge in [-0.2, -0.15) is 0 Å². The second-order valence-electron chi connectivity index (χ2n) is 31.5. The first-order valence-corrected chi connectivity index (χ1v) is 43.6. The van der Waals surface area contributed by atoms with Gasteiger partial charge in [-0.15, -0.1) is 34.0 Å². The van der Waals surface area contributed by atoms with Crippen LogP contribution >= 0.6 is 34.0 Å². The second-order valence-corrected chi connectivity index (χ2v) is 34.6. The third-order valence-electron chi connectivity index (χ3n) is 24.7. The molecule has 6 heteroatoms. The van der Waals surface area contributed by atoms with E-state index >= 15 is 0 Å². The van der Waals surface area contributed by atoms with Crippen LogP contribution in [0, 0.1) is 0 Å². The van der Waals surface area contributed by atoms with Crippen LogP contribution in [0.4, 0.5) is 0 Å². The summed E-state index contributed by atoms with van der Waals surface area (Å²) in [4.78, 5) is 17.8. The van der Waals surface area contributed by atoms with Crippen molar-refractivity contribution in [2.75, 3.05) is 0 Å². The summed E-state index contributed by atoms with van der Waals surface area (Å²) in [6.07, 6.45) is 6.08. The Labute approximate surface area is 708 Å². The molecule has 0 bridgehead atoms. The minimum Gasteiger partial charge on any atom is -0.245 e. The maximum Gasteiger partial charge on any atom is 0.125 e. The molecule has 26 rings (SSSR count).